The van der Waals surface area contributed by atoms with E-state index in [0.29, 0.717) is 18.2 Å². The lowest BCUT2D eigenvalue weighted by atomic mass is 10.1. The van der Waals surface area contributed by atoms with Crippen LogP contribution >= 0.6 is 11.6 Å². The van der Waals surface area contributed by atoms with Crippen LogP contribution in [0.2, 0.25) is 5.02 Å². The van der Waals surface area contributed by atoms with Crippen molar-refractivity contribution >= 4 is 33.4 Å². The maximum Gasteiger partial charge on any atom is 0.148 e. The molecular formula is C25H19ClN2O. The van der Waals surface area contributed by atoms with Gasteiger partial charge in [0.25, 0.3) is 0 Å². The van der Waals surface area contributed by atoms with Gasteiger partial charge in [-0.25, -0.2) is 4.98 Å². The number of nitrogens with zero attached hydrogens (tertiary/aromatic N) is 2. The Labute approximate surface area is 174 Å². The smallest absolute Gasteiger partial charge is 0.148 e. The van der Waals surface area contributed by atoms with Gasteiger partial charge in [0.2, 0.25) is 0 Å². The molecule has 5 aromatic rings. The normalized spacial score (nSPS) is 11.2. The van der Waals surface area contributed by atoms with E-state index < -0.39 is 0 Å². The van der Waals surface area contributed by atoms with E-state index in [9.17, 15) is 0 Å². The van der Waals surface area contributed by atoms with E-state index in [1.54, 1.807) is 0 Å². The Kier molecular flexibility index (Phi) is 4.66. The second-order valence-electron chi connectivity index (χ2n) is 7.03. The molecule has 0 aliphatic rings. The topological polar surface area (TPSA) is 27.1 Å². The van der Waals surface area contributed by atoms with Crippen LogP contribution in [-0.2, 0) is 13.2 Å². The summed E-state index contributed by atoms with van der Waals surface area (Å²) in [5, 5.41) is 3.06. The van der Waals surface area contributed by atoms with E-state index in [4.69, 9.17) is 21.3 Å². The lowest BCUT2D eigenvalue weighted by Gasteiger charge is -2.11. The Hall–Kier alpha value is -3.30. The molecule has 0 aliphatic heterocycles. The van der Waals surface area contributed by atoms with E-state index >= 15 is 0 Å². The number of benzene rings is 4. The molecule has 4 aromatic carbocycles. The van der Waals surface area contributed by atoms with Crippen molar-refractivity contribution in [2.75, 3.05) is 0 Å². The van der Waals surface area contributed by atoms with Gasteiger partial charge < -0.3 is 9.30 Å². The number of hydrogen-bond donors (Lipinski definition) is 0. The zero-order valence-electron chi connectivity index (χ0n) is 15.8. The molecular weight excluding hydrogens is 380 g/mol. The Morgan fingerprint density at radius 1 is 0.793 bits per heavy atom. The van der Waals surface area contributed by atoms with Crippen molar-refractivity contribution in [1.29, 1.82) is 0 Å². The average molecular weight is 399 g/mol. The molecule has 1 heterocycles. The molecule has 0 bridgehead atoms. The van der Waals surface area contributed by atoms with Crippen molar-refractivity contribution in [2.45, 2.75) is 13.2 Å². The summed E-state index contributed by atoms with van der Waals surface area (Å²) in [5.41, 5.74) is 3.14. The van der Waals surface area contributed by atoms with Gasteiger partial charge in [0.1, 0.15) is 18.2 Å². The predicted octanol–water partition coefficient (Wildman–Crippen LogP) is 6.47. The van der Waals surface area contributed by atoms with Gasteiger partial charge in [-0.2, -0.15) is 0 Å². The molecule has 5 rings (SSSR count). The van der Waals surface area contributed by atoms with Gasteiger partial charge in [0.05, 0.1) is 11.0 Å². The van der Waals surface area contributed by atoms with E-state index in [2.05, 4.69) is 41.0 Å². The zero-order chi connectivity index (χ0) is 19.6. The van der Waals surface area contributed by atoms with Gasteiger partial charge in [-0.15, -0.1) is 0 Å². The Morgan fingerprint density at radius 3 is 2.45 bits per heavy atom. The summed E-state index contributed by atoms with van der Waals surface area (Å²) in [6.45, 7) is 1.10. The summed E-state index contributed by atoms with van der Waals surface area (Å²) in [6, 6.07) is 30.6. The fourth-order valence-corrected chi connectivity index (χ4v) is 3.77. The summed E-state index contributed by atoms with van der Waals surface area (Å²) in [6.07, 6.45) is 0. The largest absolute Gasteiger partial charge is 0.486 e. The molecule has 0 aliphatic carbocycles. The van der Waals surface area contributed by atoms with Crippen LogP contribution in [0.1, 0.15) is 11.4 Å². The first-order valence-electron chi connectivity index (χ1n) is 9.56. The molecule has 1 aromatic heterocycles. The number of hydrogen-bond acceptors (Lipinski definition) is 2. The molecule has 0 radical (unpaired) electrons. The molecule has 29 heavy (non-hydrogen) atoms. The minimum Gasteiger partial charge on any atom is -0.486 e. The van der Waals surface area contributed by atoms with Gasteiger partial charge in [0, 0.05) is 11.6 Å². The molecule has 0 unspecified atom stereocenters. The van der Waals surface area contributed by atoms with Crippen molar-refractivity contribution in [2.24, 2.45) is 0 Å². The van der Waals surface area contributed by atoms with E-state index in [0.717, 1.165) is 28.0 Å². The van der Waals surface area contributed by atoms with Crippen molar-refractivity contribution in [1.82, 2.24) is 9.55 Å². The SMILES string of the molecule is Clc1ccc2nc(COc3ccc4ccccc4c3)n(Cc3ccccc3)c2c1. The zero-order valence-corrected chi connectivity index (χ0v) is 16.5. The van der Waals surface area contributed by atoms with E-state index in [-0.39, 0.29) is 0 Å². The average Bonchev–Trinajstić information content (AvgIpc) is 3.09. The second kappa shape index (κ2) is 7.61. The molecule has 0 fully saturated rings. The van der Waals surface area contributed by atoms with E-state index in [1.807, 2.05) is 54.6 Å². The van der Waals surface area contributed by atoms with Crippen LogP contribution in [0.3, 0.4) is 0 Å². The van der Waals surface area contributed by atoms with Gasteiger partial charge in [0.15, 0.2) is 0 Å². The molecule has 0 saturated carbocycles. The van der Waals surface area contributed by atoms with Crippen LogP contribution in [0.5, 0.6) is 5.75 Å². The van der Waals surface area contributed by atoms with Crippen molar-refractivity contribution in [3.63, 3.8) is 0 Å². The van der Waals surface area contributed by atoms with Crippen LogP contribution in [-0.4, -0.2) is 9.55 Å². The molecule has 0 saturated heterocycles. The highest BCUT2D eigenvalue weighted by atomic mass is 35.5. The standard InChI is InChI=1S/C25H19ClN2O/c26-21-11-13-23-24(15-21)28(16-18-6-2-1-3-7-18)25(27-23)17-29-22-12-10-19-8-4-5-9-20(19)14-22/h1-15H,16-17H2. The minimum atomic E-state index is 0.386. The first-order chi connectivity index (χ1) is 14.3. The van der Waals surface area contributed by atoms with Gasteiger partial charge in [-0.3, -0.25) is 0 Å². The summed E-state index contributed by atoms with van der Waals surface area (Å²) in [4.78, 5) is 4.81. The lowest BCUT2D eigenvalue weighted by Crippen LogP contribution is -2.08. The van der Waals surface area contributed by atoms with Gasteiger partial charge in [-0.05, 0) is 46.7 Å². The molecule has 0 amide bonds. The second-order valence-corrected chi connectivity index (χ2v) is 7.47. The third-order valence-electron chi connectivity index (χ3n) is 5.06. The molecule has 0 atom stereocenters. The fourth-order valence-electron chi connectivity index (χ4n) is 3.60. The van der Waals surface area contributed by atoms with Gasteiger partial charge >= 0.3 is 0 Å². The number of imidazole rings is 1. The van der Waals surface area contributed by atoms with E-state index in [1.165, 1.54) is 10.9 Å². The van der Waals surface area contributed by atoms with Crippen molar-refractivity contribution < 1.29 is 4.74 Å². The molecule has 3 nitrogen and oxygen atoms in total. The van der Waals surface area contributed by atoms with Crippen molar-refractivity contribution in [3.05, 3.63) is 107 Å². The van der Waals surface area contributed by atoms with Crippen LogP contribution in [0.15, 0.2) is 91.0 Å². The fraction of sp³-hybridized carbons (Fsp3) is 0.0800. The number of rotatable bonds is 5. The quantitative estimate of drug-likeness (QED) is 0.339. The van der Waals surface area contributed by atoms with Crippen LogP contribution in [0, 0.1) is 0 Å². The number of halogens is 1. The summed E-state index contributed by atoms with van der Waals surface area (Å²) in [7, 11) is 0. The van der Waals surface area contributed by atoms with Gasteiger partial charge in [-0.1, -0.05) is 72.3 Å². The monoisotopic (exact) mass is 398 g/mol. The number of fused-ring (bicyclic) bond motifs is 2. The first kappa shape index (κ1) is 17.8. The molecule has 0 spiro atoms. The minimum absolute atomic E-state index is 0.386. The Bertz CT molecular complexity index is 1290. The first-order valence-corrected chi connectivity index (χ1v) is 9.94. The summed E-state index contributed by atoms with van der Waals surface area (Å²) < 4.78 is 8.30. The highest BCUT2D eigenvalue weighted by Gasteiger charge is 2.13. The van der Waals surface area contributed by atoms with Crippen LogP contribution in [0.4, 0.5) is 0 Å². The summed E-state index contributed by atoms with van der Waals surface area (Å²) in [5.74, 6) is 1.71. The lowest BCUT2D eigenvalue weighted by molar-refractivity contribution is 0.291. The Balaban J connectivity index is 1.48. The maximum atomic E-state index is 6.26. The number of ether oxygens (including phenoxy) is 1. The molecule has 4 heteroatoms. The third-order valence-corrected chi connectivity index (χ3v) is 5.30. The maximum absolute atomic E-state index is 6.26. The predicted molar refractivity (Wildman–Crippen MR) is 119 cm³/mol. The highest BCUT2D eigenvalue weighted by Crippen LogP contribution is 2.25. The third kappa shape index (κ3) is 3.69. The van der Waals surface area contributed by atoms with Crippen LogP contribution < -0.4 is 4.74 Å². The highest BCUT2D eigenvalue weighted by molar-refractivity contribution is 6.31. The number of aromatic nitrogens is 2. The Morgan fingerprint density at radius 2 is 1.59 bits per heavy atom. The molecule has 142 valence electrons. The molecule has 0 N–H and O–H groups in total. The summed E-state index contributed by atoms with van der Waals surface area (Å²) >= 11 is 6.26. The van der Waals surface area contributed by atoms with Crippen LogP contribution in [0.25, 0.3) is 21.8 Å². The van der Waals surface area contributed by atoms with Crippen molar-refractivity contribution in [3.8, 4) is 5.75 Å².